The summed E-state index contributed by atoms with van der Waals surface area (Å²) in [6, 6.07) is 12.2. The summed E-state index contributed by atoms with van der Waals surface area (Å²) in [5.74, 6) is -0.100. The van der Waals surface area contributed by atoms with Gasteiger partial charge in [-0.05, 0) is 89.5 Å². The number of hydrogen-bond acceptors (Lipinski definition) is 4. The number of carbonyl (C=O) groups excluding carboxylic acids is 1. The first kappa shape index (κ1) is 24.5. The lowest BCUT2D eigenvalue weighted by atomic mass is 9.86. The normalized spacial score (nSPS) is 15.3. The summed E-state index contributed by atoms with van der Waals surface area (Å²) in [4.78, 5) is 15.5. The number of carbonyl (C=O) groups is 1. The van der Waals surface area contributed by atoms with E-state index in [0.717, 1.165) is 39.5 Å². The zero-order chi connectivity index (χ0) is 24.5. The van der Waals surface area contributed by atoms with Crippen LogP contribution < -0.4 is 20.4 Å². The van der Waals surface area contributed by atoms with Gasteiger partial charge < -0.3 is 10.6 Å². The number of amides is 1. The molecule has 34 heavy (non-hydrogen) atoms. The highest BCUT2D eigenvalue weighted by molar-refractivity contribution is 7.13. The van der Waals surface area contributed by atoms with Gasteiger partial charge in [-0.1, -0.05) is 35.9 Å². The van der Waals surface area contributed by atoms with E-state index in [1.807, 2.05) is 31.2 Å². The molecule has 4 rings (SSSR count). The Hall–Kier alpha value is -2.63. The average Bonchev–Trinajstić information content (AvgIpc) is 3.40. The quantitative estimate of drug-likeness (QED) is 0.401. The molecule has 5 heteroatoms. The highest BCUT2D eigenvalue weighted by Crippen LogP contribution is 2.36. The van der Waals surface area contributed by atoms with Gasteiger partial charge in [0.1, 0.15) is 4.88 Å². The highest BCUT2D eigenvalue weighted by Gasteiger charge is 2.25. The van der Waals surface area contributed by atoms with Crippen molar-refractivity contribution >= 4 is 52.1 Å². The van der Waals surface area contributed by atoms with Crippen molar-refractivity contribution in [1.29, 1.82) is 0 Å². The Morgan fingerprint density at radius 3 is 2.35 bits per heavy atom. The predicted octanol–water partition coefficient (Wildman–Crippen LogP) is 7.08. The largest absolute Gasteiger partial charge is 0.379 e. The van der Waals surface area contributed by atoms with Gasteiger partial charge in [0.15, 0.2) is 0 Å². The van der Waals surface area contributed by atoms with Crippen LogP contribution in [-0.2, 0) is 0 Å². The van der Waals surface area contributed by atoms with Crippen LogP contribution in [-0.4, -0.2) is 11.4 Å². The van der Waals surface area contributed by atoms with Gasteiger partial charge in [-0.2, -0.15) is 0 Å². The van der Waals surface area contributed by atoms with E-state index in [9.17, 15) is 4.79 Å². The summed E-state index contributed by atoms with van der Waals surface area (Å²) in [5, 5.41) is 9.99. The van der Waals surface area contributed by atoms with E-state index in [-0.39, 0.29) is 11.4 Å². The lowest BCUT2D eigenvalue weighted by Crippen LogP contribution is -2.33. The molecule has 0 spiro atoms. The number of rotatable bonds is 5. The van der Waals surface area contributed by atoms with Crippen molar-refractivity contribution in [2.45, 2.75) is 65.8 Å². The number of allylic oxidation sites excluding steroid dienone is 2. The van der Waals surface area contributed by atoms with E-state index in [2.05, 4.69) is 62.4 Å². The van der Waals surface area contributed by atoms with Crippen LogP contribution >= 0.6 is 22.7 Å². The maximum atomic E-state index is 13.5. The molecule has 178 valence electrons. The molecule has 3 aromatic rings. The molecule has 1 aromatic carbocycles. The van der Waals surface area contributed by atoms with Gasteiger partial charge >= 0.3 is 0 Å². The first-order valence-electron chi connectivity index (χ1n) is 11.9. The van der Waals surface area contributed by atoms with Gasteiger partial charge in [-0.15, -0.1) is 22.7 Å². The fourth-order valence-electron chi connectivity index (χ4n) is 4.46. The Morgan fingerprint density at radius 1 is 1.03 bits per heavy atom. The van der Waals surface area contributed by atoms with Gasteiger partial charge in [0.2, 0.25) is 0 Å². The summed E-state index contributed by atoms with van der Waals surface area (Å²) in [5.41, 5.74) is 6.75. The number of aryl methyl sites for hydroxylation is 1. The minimum absolute atomic E-state index is 0.100. The minimum Gasteiger partial charge on any atom is -0.379 e. The first-order chi connectivity index (χ1) is 16.1. The molecule has 0 saturated carbocycles. The Bertz CT molecular complexity index is 1320. The van der Waals surface area contributed by atoms with Gasteiger partial charge in [0.25, 0.3) is 5.91 Å². The van der Waals surface area contributed by atoms with Gasteiger partial charge in [0, 0.05) is 31.4 Å². The fourth-order valence-corrected chi connectivity index (χ4v) is 6.22. The first-order valence-corrected chi connectivity index (χ1v) is 13.6. The molecule has 3 nitrogen and oxygen atoms in total. The molecule has 1 amide bonds. The van der Waals surface area contributed by atoms with Crippen molar-refractivity contribution in [3.8, 4) is 0 Å². The third kappa shape index (κ3) is 5.37. The molecule has 1 aliphatic rings. The third-order valence-electron chi connectivity index (χ3n) is 6.06. The smallest absolute Gasteiger partial charge is 0.267 e. The van der Waals surface area contributed by atoms with E-state index >= 15 is 0 Å². The van der Waals surface area contributed by atoms with E-state index in [1.165, 1.54) is 45.8 Å². The second kappa shape index (κ2) is 9.93. The van der Waals surface area contributed by atoms with Crippen LogP contribution in [0.25, 0.3) is 12.2 Å². The lowest BCUT2D eigenvalue weighted by Gasteiger charge is -2.24. The molecule has 0 bridgehead atoms. The SMILES string of the molecule is C=c1sc(C(=O)Nc2ccc(C)cc2)c(NC(C)(C)C)/c1=C(/C1=C(C)CCCC1)c1cccs1. The maximum Gasteiger partial charge on any atom is 0.267 e. The second-order valence-electron chi connectivity index (χ2n) is 10.1. The van der Waals surface area contributed by atoms with Crippen LogP contribution in [0.1, 0.15) is 73.5 Å². The monoisotopic (exact) mass is 490 g/mol. The molecule has 1 aliphatic carbocycles. The lowest BCUT2D eigenvalue weighted by molar-refractivity contribution is 0.103. The van der Waals surface area contributed by atoms with Crippen molar-refractivity contribution < 1.29 is 4.79 Å². The molecule has 2 heterocycles. The molecule has 0 aliphatic heterocycles. The maximum absolute atomic E-state index is 13.5. The molecule has 2 aromatic heterocycles. The fraction of sp³-hybridized carbons (Fsp3) is 0.345. The average molecular weight is 491 g/mol. The van der Waals surface area contributed by atoms with Crippen LogP contribution in [0.2, 0.25) is 0 Å². The van der Waals surface area contributed by atoms with Gasteiger partial charge in [-0.25, -0.2) is 0 Å². The van der Waals surface area contributed by atoms with E-state index in [1.54, 1.807) is 11.3 Å². The number of hydrogen-bond donors (Lipinski definition) is 2. The molecule has 0 fully saturated rings. The summed E-state index contributed by atoms with van der Waals surface area (Å²) in [6.45, 7) is 15.2. The summed E-state index contributed by atoms with van der Waals surface area (Å²) >= 11 is 3.23. The van der Waals surface area contributed by atoms with Gasteiger partial charge in [0.05, 0.1) is 5.69 Å². The minimum atomic E-state index is -0.211. The number of benzene rings is 1. The van der Waals surface area contributed by atoms with Crippen molar-refractivity contribution in [1.82, 2.24) is 0 Å². The molecule has 0 unspecified atom stereocenters. The zero-order valence-electron chi connectivity index (χ0n) is 20.8. The van der Waals surface area contributed by atoms with Crippen LogP contribution in [0.15, 0.2) is 52.9 Å². The molecule has 2 N–H and O–H groups in total. The summed E-state index contributed by atoms with van der Waals surface area (Å²) < 4.78 is 0.926. The highest BCUT2D eigenvalue weighted by atomic mass is 32.1. The third-order valence-corrected chi connectivity index (χ3v) is 7.99. The number of nitrogens with one attached hydrogen (secondary N) is 2. The second-order valence-corrected chi connectivity index (χ2v) is 12.2. The van der Waals surface area contributed by atoms with Crippen molar-refractivity contribution in [2.24, 2.45) is 0 Å². The Kier molecular flexibility index (Phi) is 7.15. The van der Waals surface area contributed by atoms with Gasteiger partial charge in [-0.3, -0.25) is 4.79 Å². The van der Waals surface area contributed by atoms with Crippen LogP contribution in [0.4, 0.5) is 11.4 Å². The predicted molar refractivity (Wildman–Crippen MR) is 150 cm³/mol. The van der Waals surface area contributed by atoms with Crippen molar-refractivity contribution in [2.75, 3.05) is 10.6 Å². The van der Waals surface area contributed by atoms with Crippen LogP contribution in [0.5, 0.6) is 0 Å². The molecule has 0 radical (unpaired) electrons. The van der Waals surface area contributed by atoms with Crippen LogP contribution in [0, 0.1) is 6.92 Å². The van der Waals surface area contributed by atoms with Crippen LogP contribution in [0.3, 0.4) is 0 Å². The topological polar surface area (TPSA) is 41.1 Å². The summed E-state index contributed by atoms with van der Waals surface area (Å²) in [6.07, 6.45) is 4.63. The molecule has 0 saturated heterocycles. The van der Waals surface area contributed by atoms with Crippen molar-refractivity contribution in [3.63, 3.8) is 0 Å². The van der Waals surface area contributed by atoms with Crippen molar-refractivity contribution in [3.05, 3.63) is 78.0 Å². The molecule has 0 atom stereocenters. The standard InChI is InChI=1S/C29H34N2OS2/c1-18-13-15-21(16-14-18)30-28(32)27-26(31-29(4,5)6)24(20(3)34-27)25(23-12-9-17-33-23)22-11-8-7-10-19(22)2/h9,12-17,31H,3,7-8,10-11H2,1-2,4-6H3,(H,30,32)/b25-24-. The Labute approximate surface area is 210 Å². The number of thiophene rings is 2. The van der Waals surface area contributed by atoms with E-state index < -0.39 is 0 Å². The van der Waals surface area contributed by atoms with E-state index in [4.69, 9.17) is 0 Å². The van der Waals surface area contributed by atoms with E-state index in [0.29, 0.717) is 4.88 Å². The molecular formula is C29H34N2OS2. The zero-order valence-corrected chi connectivity index (χ0v) is 22.4. The Balaban J connectivity index is 1.96. The molecular weight excluding hydrogens is 456 g/mol. The Morgan fingerprint density at radius 2 is 1.74 bits per heavy atom. The number of anilines is 2. The summed E-state index contributed by atoms with van der Waals surface area (Å²) in [7, 11) is 0.